The Morgan fingerprint density at radius 2 is 0.700 bits per heavy atom. The van der Waals surface area contributed by atoms with Crippen molar-refractivity contribution in [1.82, 2.24) is 19.9 Å². The number of hydrogen-bond acceptors (Lipinski definition) is 5. The standard InChI is InChI=1S/C55H33N5/c56-33-35-15-17-39(18-16-35)50-32-27-43(34-57-50)45-29-31-49-47-14-8-7-13-46(47)48-30-28-44(51(45)52(48)49)38-23-19-36(20-24-38)37-21-25-42(26-22-37)55-59-53(40-9-3-1-4-10-40)58-54(60-55)41-11-5-2-6-12-41/h1-32,34H. The van der Waals surface area contributed by atoms with Gasteiger partial charge in [0, 0.05) is 34.0 Å². The SMILES string of the molecule is N#Cc1ccc(-c2ccc(-c3ccc4c5c(ccc(-c6ccc(-c7ccc(-c8nc(-c9ccccc9)nc(-c9ccccc9)n8)cc7)cc6)c35)-c3ccccc3-4)cn2)cc1. The van der Waals surface area contributed by atoms with E-state index in [2.05, 4.69) is 115 Å². The third kappa shape index (κ3) is 6.12. The van der Waals surface area contributed by atoms with Gasteiger partial charge in [-0.15, -0.1) is 0 Å². The third-order valence-corrected chi connectivity index (χ3v) is 11.4. The van der Waals surface area contributed by atoms with Crippen molar-refractivity contribution in [2.75, 3.05) is 0 Å². The molecule has 11 rings (SSSR count). The fourth-order valence-corrected chi connectivity index (χ4v) is 8.41. The minimum absolute atomic E-state index is 0.633. The van der Waals surface area contributed by atoms with Gasteiger partial charge in [-0.2, -0.15) is 5.26 Å². The summed E-state index contributed by atoms with van der Waals surface area (Å²) in [4.78, 5) is 19.6. The monoisotopic (exact) mass is 763 g/mol. The highest BCUT2D eigenvalue weighted by Gasteiger charge is 2.25. The number of nitrogens with zero attached hydrogens (tertiary/aromatic N) is 5. The van der Waals surface area contributed by atoms with E-state index >= 15 is 0 Å². The first-order valence-electron chi connectivity index (χ1n) is 19.9. The van der Waals surface area contributed by atoms with Crippen LogP contribution in [0.25, 0.3) is 112 Å². The predicted molar refractivity (Wildman–Crippen MR) is 242 cm³/mol. The lowest BCUT2D eigenvalue weighted by molar-refractivity contribution is 1.07. The second-order valence-electron chi connectivity index (χ2n) is 14.9. The molecular formula is C55H33N5. The normalized spacial score (nSPS) is 11.3. The molecule has 0 radical (unpaired) electrons. The molecule has 278 valence electrons. The molecule has 0 atom stereocenters. The van der Waals surface area contributed by atoms with Crippen molar-refractivity contribution < 1.29 is 0 Å². The van der Waals surface area contributed by atoms with Crippen molar-refractivity contribution in [3.8, 4) is 107 Å². The number of benzene rings is 8. The maximum atomic E-state index is 9.26. The van der Waals surface area contributed by atoms with Crippen LogP contribution in [-0.2, 0) is 0 Å². The van der Waals surface area contributed by atoms with Crippen LogP contribution >= 0.6 is 0 Å². The number of nitriles is 1. The quantitative estimate of drug-likeness (QED) is 0.162. The van der Waals surface area contributed by atoms with Crippen molar-refractivity contribution >= 4 is 10.8 Å². The first kappa shape index (κ1) is 34.9. The minimum Gasteiger partial charge on any atom is -0.256 e. The Kier molecular flexibility index (Phi) is 8.46. The summed E-state index contributed by atoms with van der Waals surface area (Å²) in [6.45, 7) is 0. The highest BCUT2D eigenvalue weighted by molar-refractivity contribution is 6.22. The van der Waals surface area contributed by atoms with Crippen LogP contribution in [0.5, 0.6) is 0 Å². The molecule has 0 amide bonds. The van der Waals surface area contributed by atoms with Crippen molar-refractivity contribution in [3.63, 3.8) is 0 Å². The average Bonchev–Trinajstić information content (AvgIpc) is 3.66. The van der Waals surface area contributed by atoms with Crippen LogP contribution in [0.3, 0.4) is 0 Å². The smallest absolute Gasteiger partial charge is 0.164 e. The van der Waals surface area contributed by atoms with E-state index in [0.717, 1.165) is 55.8 Å². The molecule has 0 saturated carbocycles. The number of aromatic nitrogens is 4. The summed E-state index contributed by atoms with van der Waals surface area (Å²) in [6, 6.07) is 69.2. The summed E-state index contributed by atoms with van der Waals surface area (Å²) >= 11 is 0. The van der Waals surface area contributed by atoms with E-state index in [9.17, 15) is 5.26 Å². The molecule has 0 spiro atoms. The van der Waals surface area contributed by atoms with Crippen molar-refractivity contribution in [3.05, 3.63) is 206 Å². The van der Waals surface area contributed by atoms with Gasteiger partial charge in [-0.25, -0.2) is 15.0 Å². The summed E-state index contributed by atoms with van der Waals surface area (Å²) in [7, 11) is 0. The van der Waals surface area contributed by atoms with E-state index in [1.54, 1.807) is 0 Å². The molecule has 2 aromatic heterocycles. The molecular weight excluding hydrogens is 731 g/mol. The lowest BCUT2D eigenvalue weighted by Crippen LogP contribution is -2.00. The van der Waals surface area contributed by atoms with Gasteiger partial charge in [-0.05, 0) is 79.0 Å². The van der Waals surface area contributed by atoms with E-state index in [1.165, 1.54) is 38.6 Å². The molecule has 0 fully saturated rings. The number of pyridine rings is 1. The van der Waals surface area contributed by atoms with Crippen LogP contribution < -0.4 is 0 Å². The topological polar surface area (TPSA) is 75.3 Å². The van der Waals surface area contributed by atoms with Crippen molar-refractivity contribution in [1.29, 1.82) is 5.26 Å². The molecule has 8 aromatic carbocycles. The van der Waals surface area contributed by atoms with Gasteiger partial charge in [0.15, 0.2) is 17.5 Å². The molecule has 10 aromatic rings. The molecule has 0 N–H and O–H groups in total. The highest BCUT2D eigenvalue weighted by Crippen LogP contribution is 2.52. The number of hydrogen-bond donors (Lipinski definition) is 0. The second kappa shape index (κ2) is 14.6. The van der Waals surface area contributed by atoms with Crippen LogP contribution in [0.15, 0.2) is 200 Å². The molecule has 1 aliphatic rings. The highest BCUT2D eigenvalue weighted by atomic mass is 15.0. The zero-order chi connectivity index (χ0) is 40.0. The first-order chi connectivity index (χ1) is 29.7. The van der Waals surface area contributed by atoms with E-state index < -0.39 is 0 Å². The van der Waals surface area contributed by atoms with Crippen LogP contribution in [0.4, 0.5) is 0 Å². The van der Waals surface area contributed by atoms with Crippen molar-refractivity contribution in [2.45, 2.75) is 0 Å². The molecule has 0 unspecified atom stereocenters. The number of fused-ring (bicyclic) bond motifs is 3. The minimum atomic E-state index is 0.633. The van der Waals surface area contributed by atoms with Gasteiger partial charge in [0.25, 0.3) is 0 Å². The number of rotatable bonds is 7. The van der Waals surface area contributed by atoms with Gasteiger partial charge in [0.2, 0.25) is 0 Å². The Morgan fingerprint density at radius 1 is 0.300 bits per heavy atom. The molecule has 0 saturated heterocycles. The summed E-state index contributed by atoms with van der Waals surface area (Å²) in [6.07, 6.45) is 1.97. The summed E-state index contributed by atoms with van der Waals surface area (Å²) in [5, 5.41) is 11.8. The molecule has 0 bridgehead atoms. The Hall–Kier alpha value is -8.33. The van der Waals surface area contributed by atoms with Crippen LogP contribution in [0.2, 0.25) is 0 Å². The lowest BCUT2D eigenvalue weighted by Gasteiger charge is -2.15. The second-order valence-corrected chi connectivity index (χ2v) is 14.9. The van der Waals surface area contributed by atoms with Gasteiger partial charge in [0.05, 0.1) is 17.3 Å². The Bertz CT molecular complexity index is 3170. The molecule has 60 heavy (non-hydrogen) atoms. The van der Waals surface area contributed by atoms with E-state index in [0.29, 0.717) is 23.0 Å². The fourth-order valence-electron chi connectivity index (χ4n) is 8.41. The van der Waals surface area contributed by atoms with Crippen LogP contribution in [-0.4, -0.2) is 19.9 Å². The Morgan fingerprint density at radius 3 is 1.20 bits per heavy atom. The zero-order valence-electron chi connectivity index (χ0n) is 32.3. The van der Waals surface area contributed by atoms with Crippen LogP contribution in [0, 0.1) is 11.3 Å². The predicted octanol–water partition coefficient (Wildman–Crippen LogP) is 13.6. The molecule has 2 heterocycles. The Balaban J connectivity index is 0.956. The maximum absolute atomic E-state index is 9.26. The van der Waals surface area contributed by atoms with Gasteiger partial charge >= 0.3 is 0 Å². The van der Waals surface area contributed by atoms with Crippen molar-refractivity contribution in [2.24, 2.45) is 0 Å². The largest absolute Gasteiger partial charge is 0.256 e. The van der Waals surface area contributed by atoms with Gasteiger partial charge < -0.3 is 0 Å². The maximum Gasteiger partial charge on any atom is 0.164 e. The van der Waals surface area contributed by atoms with Gasteiger partial charge in [0.1, 0.15) is 0 Å². The first-order valence-corrected chi connectivity index (χ1v) is 19.9. The summed E-state index contributed by atoms with van der Waals surface area (Å²) in [5.41, 5.74) is 17.1. The lowest BCUT2D eigenvalue weighted by atomic mass is 9.88. The fraction of sp³-hybridized carbons (Fsp3) is 0. The molecule has 5 heteroatoms. The van der Waals surface area contributed by atoms with E-state index in [4.69, 9.17) is 19.9 Å². The molecule has 5 nitrogen and oxygen atoms in total. The summed E-state index contributed by atoms with van der Waals surface area (Å²) in [5.74, 6) is 1.92. The molecule has 1 aliphatic carbocycles. The van der Waals surface area contributed by atoms with E-state index in [-0.39, 0.29) is 0 Å². The van der Waals surface area contributed by atoms with Gasteiger partial charge in [-0.3, -0.25) is 4.98 Å². The van der Waals surface area contributed by atoms with Crippen LogP contribution in [0.1, 0.15) is 5.56 Å². The third-order valence-electron chi connectivity index (χ3n) is 11.4. The zero-order valence-corrected chi connectivity index (χ0v) is 32.3. The molecule has 0 aliphatic heterocycles. The Labute approximate surface area is 347 Å². The average molecular weight is 764 g/mol. The summed E-state index contributed by atoms with van der Waals surface area (Å²) < 4.78 is 0. The van der Waals surface area contributed by atoms with Gasteiger partial charge in [-0.1, -0.05) is 176 Å². The van der Waals surface area contributed by atoms with E-state index in [1.807, 2.05) is 91.1 Å².